The molecule has 0 saturated heterocycles. The maximum absolute atomic E-state index is 5.56. The SMILES string of the molecule is COc1ccc(Br)cc1CNCC(C)CN. The highest BCUT2D eigenvalue weighted by Gasteiger charge is 2.04. The lowest BCUT2D eigenvalue weighted by Crippen LogP contribution is -2.25. The molecule has 0 aliphatic rings. The van der Waals surface area contributed by atoms with Crippen LogP contribution >= 0.6 is 15.9 Å². The van der Waals surface area contributed by atoms with Crippen molar-refractivity contribution in [3.05, 3.63) is 28.2 Å². The zero-order valence-corrected chi connectivity index (χ0v) is 11.4. The van der Waals surface area contributed by atoms with E-state index in [1.165, 1.54) is 0 Å². The standard InChI is InChI=1S/C12H19BrN2O/c1-9(6-14)7-15-8-10-5-11(13)3-4-12(10)16-2/h3-5,9,15H,6-8,14H2,1-2H3. The molecule has 4 heteroatoms. The molecule has 0 amide bonds. The Kier molecular flexibility index (Phi) is 5.80. The van der Waals surface area contributed by atoms with E-state index in [0.29, 0.717) is 12.5 Å². The Morgan fingerprint density at radius 3 is 2.88 bits per heavy atom. The summed E-state index contributed by atoms with van der Waals surface area (Å²) >= 11 is 3.46. The molecule has 1 rings (SSSR count). The van der Waals surface area contributed by atoms with Crippen LogP contribution in [-0.2, 0) is 6.54 Å². The fourth-order valence-corrected chi connectivity index (χ4v) is 1.83. The van der Waals surface area contributed by atoms with Crippen LogP contribution in [0.15, 0.2) is 22.7 Å². The van der Waals surface area contributed by atoms with Gasteiger partial charge < -0.3 is 15.8 Å². The third-order valence-corrected chi connectivity index (χ3v) is 2.95. The first-order valence-corrected chi connectivity index (χ1v) is 6.20. The van der Waals surface area contributed by atoms with Gasteiger partial charge in [-0.25, -0.2) is 0 Å². The number of halogens is 1. The van der Waals surface area contributed by atoms with E-state index < -0.39 is 0 Å². The first-order valence-electron chi connectivity index (χ1n) is 5.40. The lowest BCUT2D eigenvalue weighted by atomic mass is 10.1. The monoisotopic (exact) mass is 286 g/mol. The summed E-state index contributed by atoms with van der Waals surface area (Å²) in [4.78, 5) is 0. The fraction of sp³-hybridized carbons (Fsp3) is 0.500. The molecule has 0 heterocycles. The highest BCUT2D eigenvalue weighted by Crippen LogP contribution is 2.22. The third-order valence-electron chi connectivity index (χ3n) is 2.45. The predicted molar refractivity (Wildman–Crippen MR) is 70.6 cm³/mol. The lowest BCUT2D eigenvalue weighted by Gasteiger charge is -2.12. The maximum atomic E-state index is 5.56. The second-order valence-corrected chi connectivity index (χ2v) is 4.84. The van der Waals surface area contributed by atoms with Gasteiger partial charge in [0, 0.05) is 16.6 Å². The van der Waals surface area contributed by atoms with Gasteiger partial charge in [-0.15, -0.1) is 0 Å². The molecule has 0 spiro atoms. The van der Waals surface area contributed by atoms with Crippen molar-refractivity contribution in [3.8, 4) is 5.75 Å². The molecule has 3 nitrogen and oxygen atoms in total. The second-order valence-electron chi connectivity index (χ2n) is 3.93. The Bertz CT molecular complexity index is 331. The summed E-state index contributed by atoms with van der Waals surface area (Å²) < 4.78 is 6.37. The summed E-state index contributed by atoms with van der Waals surface area (Å²) in [6.07, 6.45) is 0. The molecule has 0 saturated carbocycles. The number of hydrogen-bond acceptors (Lipinski definition) is 3. The zero-order chi connectivity index (χ0) is 12.0. The van der Waals surface area contributed by atoms with E-state index in [4.69, 9.17) is 10.5 Å². The van der Waals surface area contributed by atoms with Gasteiger partial charge in [0.05, 0.1) is 7.11 Å². The van der Waals surface area contributed by atoms with Crippen molar-refractivity contribution in [1.29, 1.82) is 0 Å². The van der Waals surface area contributed by atoms with Gasteiger partial charge in [0.2, 0.25) is 0 Å². The minimum absolute atomic E-state index is 0.498. The molecule has 3 N–H and O–H groups in total. The van der Waals surface area contributed by atoms with Gasteiger partial charge >= 0.3 is 0 Å². The largest absolute Gasteiger partial charge is 0.496 e. The molecule has 0 bridgehead atoms. The summed E-state index contributed by atoms with van der Waals surface area (Å²) in [6, 6.07) is 6.01. The molecule has 0 fully saturated rings. The molecule has 16 heavy (non-hydrogen) atoms. The van der Waals surface area contributed by atoms with Gasteiger partial charge in [0.15, 0.2) is 0 Å². The number of benzene rings is 1. The minimum atomic E-state index is 0.498. The smallest absolute Gasteiger partial charge is 0.123 e. The summed E-state index contributed by atoms with van der Waals surface area (Å²) in [5, 5.41) is 3.37. The molecule has 1 aromatic rings. The fourth-order valence-electron chi connectivity index (χ4n) is 1.42. The number of nitrogens with two attached hydrogens (primary N) is 1. The minimum Gasteiger partial charge on any atom is -0.496 e. The van der Waals surface area contributed by atoms with Gasteiger partial charge in [0.25, 0.3) is 0 Å². The Morgan fingerprint density at radius 2 is 2.25 bits per heavy atom. The molecule has 1 aromatic carbocycles. The summed E-state index contributed by atoms with van der Waals surface area (Å²) in [7, 11) is 1.69. The van der Waals surface area contributed by atoms with Gasteiger partial charge in [-0.05, 0) is 37.2 Å². The van der Waals surface area contributed by atoms with E-state index in [9.17, 15) is 0 Å². The molecular formula is C12H19BrN2O. The van der Waals surface area contributed by atoms with Crippen LogP contribution in [0.25, 0.3) is 0 Å². The van der Waals surface area contributed by atoms with Crippen LogP contribution in [0.4, 0.5) is 0 Å². The first kappa shape index (κ1) is 13.5. The van der Waals surface area contributed by atoms with Gasteiger partial charge in [-0.3, -0.25) is 0 Å². The molecule has 0 aliphatic heterocycles. The molecule has 90 valence electrons. The zero-order valence-electron chi connectivity index (χ0n) is 9.79. The third kappa shape index (κ3) is 4.12. The van der Waals surface area contributed by atoms with Gasteiger partial charge in [0.1, 0.15) is 5.75 Å². The highest BCUT2D eigenvalue weighted by molar-refractivity contribution is 9.10. The van der Waals surface area contributed by atoms with E-state index in [-0.39, 0.29) is 0 Å². The van der Waals surface area contributed by atoms with E-state index in [1.807, 2.05) is 12.1 Å². The molecule has 0 aliphatic carbocycles. The average Bonchev–Trinajstić information content (AvgIpc) is 2.29. The Hall–Kier alpha value is -0.580. The van der Waals surface area contributed by atoms with Gasteiger partial charge in [-0.1, -0.05) is 22.9 Å². The quantitative estimate of drug-likeness (QED) is 0.842. The predicted octanol–water partition coefficient (Wildman–Crippen LogP) is 2.14. The summed E-state index contributed by atoms with van der Waals surface area (Å²) in [5.74, 6) is 1.41. The number of nitrogens with one attached hydrogen (secondary N) is 1. The van der Waals surface area contributed by atoms with E-state index >= 15 is 0 Å². The van der Waals surface area contributed by atoms with Crippen molar-refractivity contribution < 1.29 is 4.74 Å². The normalized spacial score (nSPS) is 12.5. The van der Waals surface area contributed by atoms with Crippen LogP contribution in [0.1, 0.15) is 12.5 Å². The van der Waals surface area contributed by atoms with Crippen molar-refractivity contribution in [2.75, 3.05) is 20.2 Å². The number of methoxy groups -OCH3 is 1. The number of rotatable bonds is 6. The summed E-state index contributed by atoms with van der Waals surface area (Å²) in [6.45, 7) is 4.56. The van der Waals surface area contributed by atoms with E-state index in [0.717, 1.165) is 28.9 Å². The number of hydrogen-bond donors (Lipinski definition) is 2. The average molecular weight is 287 g/mol. The van der Waals surface area contributed by atoms with Crippen LogP contribution in [-0.4, -0.2) is 20.2 Å². The van der Waals surface area contributed by atoms with Crippen molar-refractivity contribution >= 4 is 15.9 Å². The van der Waals surface area contributed by atoms with Crippen LogP contribution < -0.4 is 15.8 Å². The molecular weight excluding hydrogens is 268 g/mol. The highest BCUT2D eigenvalue weighted by atomic mass is 79.9. The second kappa shape index (κ2) is 6.89. The first-order chi connectivity index (χ1) is 7.67. The van der Waals surface area contributed by atoms with E-state index in [1.54, 1.807) is 7.11 Å². The Balaban J connectivity index is 2.55. The van der Waals surface area contributed by atoms with Crippen LogP contribution in [0.5, 0.6) is 5.75 Å². The molecule has 0 aromatic heterocycles. The van der Waals surface area contributed by atoms with E-state index in [2.05, 4.69) is 34.2 Å². The van der Waals surface area contributed by atoms with Crippen molar-refractivity contribution in [2.24, 2.45) is 11.7 Å². The lowest BCUT2D eigenvalue weighted by molar-refractivity contribution is 0.406. The number of ether oxygens (including phenoxy) is 1. The Labute approximate surface area is 105 Å². The molecule has 1 unspecified atom stereocenters. The maximum Gasteiger partial charge on any atom is 0.123 e. The van der Waals surface area contributed by atoms with Crippen LogP contribution in [0.3, 0.4) is 0 Å². The topological polar surface area (TPSA) is 47.3 Å². The van der Waals surface area contributed by atoms with Crippen molar-refractivity contribution in [2.45, 2.75) is 13.5 Å². The summed E-state index contributed by atoms with van der Waals surface area (Å²) in [5.41, 5.74) is 6.71. The Morgan fingerprint density at radius 1 is 1.50 bits per heavy atom. The van der Waals surface area contributed by atoms with Crippen LogP contribution in [0.2, 0.25) is 0 Å². The van der Waals surface area contributed by atoms with Crippen molar-refractivity contribution in [3.63, 3.8) is 0 Å². The van der Waals surface area contributed by atoms with Crippen LogP contribution in [0, 0.1) is 5.92 Å². The molecule has 1 atom stereocenters. The van der Waals surface area contributed by atoms with Crippen molar-refractivity contribution in [1.82, 2.24) is 5.32 Å². The molecule has 0 radical (unpaired) electrons. The van der Waals surface area contributed by atoms with Gasteiger partial charge in [-0.2, -0.15) is 0 Å².